The number of phenols is 1. The second-order valence-corrected chi connectivity index (χ2v) is 6.45. The molecule has 4 heteroatoms. The zero-order valence-corrected chi connectivity index (χ0v) is 12.7. The lowest BCUT2D eigenvalue weighted by molar-refractivity contribution is 0.463. The highest BCUT2D eigenvalue weighted by Gasteiger charge is 2.25. The van der Waals surface area contributed by atoms with E-state index in [1.165, 1.54) is 10.4 Å². The van der Waals surface area contributed by atoms with Gasteiger partial charge in [-0.3, -0.25) is 0 Å². The molecule has 2 unspecified atom stereocenters. The first-order valence-electron chi connectivity index (χ1n) is 6.99. The number of nitrogens with zero attached hydrogens (tertiary/aromatic N) is 1. The molecule has 2 heterocycles. The number of hydrogen-bond acceptors (Lipinski definition) is 4. The van der Waals surface area contributed by atoms with Crippen molar-refractivity contribution in [2.24, 2.45) is 5.73 Å². The minimum Gasteiger partial charge on any atom is -0.508 e. The van der Waals surface area contributed by atoms with Gasteiger partial charge in [-0.25, -0.2) is 0 Å². The molecule has 0 fully saturated rings. The van der Waals surface area contributed by atoms with Gasteiger partial charge >= 0.3 is 0 Å². The number of phenolic OH excluding ortho intramolecular Hbond substituents is 1. The topological polar surface area (TPSA) is 49.5 Å². The second kappa shape index (κ2) is 5.11. The zero-order valence-electron chi connectivity index (χ0n) is 11.8. The first kappa shape index (κ1) is 13.5. The molecule has 0 amide bonds. The smallest absolute Gasteiger partial charge is 0.122 e. The van der Waals surface area contributed by atoms with Gasteiger partial charge < -0.3 is 15.7 Å². The van der Waals surface area contributed by atoms with E-state index in [1.807, 2.05) is 30.4 Å². The molecule has 1 aliphatic rings. The van der Waals surface area contributed by atoms with Gasteiger partial charge in [-0.1, -0.05) is 6.07 Å². The van der Waals surface area contributed by atoms with Crippen LogP contribution in [-0.2, 0) is 6.42 Å². The summed E-state index contributed by atoms with van der Waals surface area (Å²) in [5, 5.41) is 12.3. The van der Waals surface area contributed by atoms with Crippen LogP contribution < -0.4 is 10.6 Å². The summed E-state index contributed by atoms with van der Waals surface area (Å²) in [7, 11) is 0. The van der Waals surface area contributed by atoms with Crippen LogP contribution in [0.1, 0.15) is 41.9 Å². The third-order valence-electron chi connectivity index (χ3n) is 4.11. The monoisotopic (exact) mass is 288 g/mol. The van der Waals surface area contributed by atoms with E-state index in [4.69, 9.17) is 5.73 Å². The Morgan fingerprint density at radius 2 is 2.20 bits per heavy atom. The molecule has 1 aromatic heterocycles. The van der Waals surface area contributed by atoms with Crippen LogP contribution in [0.15, 0.2) is 29.6 Å². The summed E-state index contributed by atoms with van der Waals surface area (Å²) in [5.41, 5.74) is 9.13. The Hall–Kier alpha value is -1.52. The molecule has 0 saturated heterocycles. The van der Waals surface area contributed by atoms with E-state index in [0.29, 0.717) is 11.8 Å². The van der Waals surface area contributed by atoms with Crippen LogP contribution in [0.3, 0.4) is 0 Å². The Balaban J connectivity index is 1.93. The van der Waals surface area contributed by atoms with Gasteiger partial charge in [0, 0.05) is 34.8 Å². The van der Waals surface area contributed by atoms with E-state index in [9.17, 15) is 5.11 Å². The van der Waals surface area contributed by atoms with Crippen molar-refractivity contribution in [2.75, 3.05) is 11.4 Å². The molecule has 0 bridgehead atoms. The molecule has 106 valence electrons. The van der Waals surface area contributed by atoms with Crippen molar-refractivity contribution in [1.82, 2.24) is 0 Å². The van der Waals surface area contributed by atoms with Gasteiger partial charge in [0.15, 0.2) is 0 Å². The van der Waals surface area contributed by atoms with E-state index < -0.39 is 0 Å². The van der Waals surface area contributed by atoms with E-state index >= 15 is 0 Å². The fourth-order valence-electron chi connectivity index (χ4n) is 2.96. The van der Waals surface area contributed by atoms with Gasteiger partial charge in [-0.2, -0.15) is 0 Å². The second-order valence-electron chi connectivity index (χ2n) is 5.45. The molecule has 3 N–H and O–H groups in total. The maximum Gasteiger partial charge on any atom is 0.122 e. The lowest BCUT2D eigenvalue weighted by Crippen LogP contribution is -2.33. The highest BCUT2D eigenvalue weighted by atomic mass is 32.1. The van der Waals surface area contributed by atoms with Gasteiger partial charge in [0.25, 0.3) is 0 Å². The summed E-state index contributed by atoms with van der Waals surface area (Å²) in [5.74, 6) is 0.292. The normalized spacial score (nSPS) is 19.8. The molecule has 0 saturated carbocycles. The standard InChI is InChI=1S/C16H20N2OS/c1-10(17)13-4-3-12(9-15(13)19)18-7-5-16-14(11(18)2)6-8-20-16/h3-4,6,8-11,19H,5,7,17H2,1-2H3. The van der Waals surface area contributed by atoms with Crippen LogP contribution >= 0.6 is 11.3 Å². The van der Waals surface area contributed by atoms with Gasteiger partial charge in [0.1, 0.15) is 5.75 Å². The molecule has 0 aliphatic carbocycles. The van der Waals surface area contributed by atoms with E-state index in [-0.39, 0.29) is 6.04 Å². The number of fused-ring (bicyclic) bond motifs is 1. The highest BCUT2D eigenvalue weighted by molar-refractivity contribution is 7.10. The fraction of sp³-hybridized carbons (Fsp3) is 0.375. The maximum absolute atomic E-state index is 10.1. The average molecular weight is 288 g/mol. The molecule has 2 atom stereocenters. The summed E-state index contributed by atoms with van der Waals surface area (Å²) < 4.78 is 0. The van der Waals surface area contributed by atoms with Crippen molar-refractivity contribution in [2.45, 2.75) is 32.4 Å². The third kappa shape index (κ3) is 2.19. The number of anilines is 1. The van der Waals surface area contributed by atoms with Gasteiger partial charge in [0.2, 0.25) is 0 Å². The van der Waals surface area contributed by atoms with Crippen LogP contribution in [0.2, 0.25) is 0 Å². The molecule has 1 aliphatic heterocycles. The summed E-state index contributed by atoms with van der Waals surface area (Å²) in [4.78, 5) is 3.84. The molecule has 0 radical (unpaired) electrons. The quantitative estimate of drug-likeness (QED) is 0.887. The van der Waals surface area contributed by atoms with Crippen LogP contribution in [0, 0.1) is 0 Å². The molecular formula is C16H20N2OS. The van der Waals surface area contributed by atoms with Crippen LogP contribution in [0.25, 0.3) is 0 Å². The molecular weight excluding hydrogens is 268 g/mol. The summed E-state index contributed by atoms with van der Waals surface area (Å²) in [6.45, 7) is 5.10. The van der Waals surface area contributed by atoms with Crippen LogP contribution in [0.4, 0.5) is 5.69 Å². The Morgan fingerprint density at radius 1 is 1.40 bits per heavy atom. The number of rotatable bonds is 2. The molecule has 20 heavy (non-hydrogen) atoms. The molecule has 1 aromatic carbocycles. The number of thiophene rings is 1. The van der Waals surface area contributed by atoms with Crippen molar-refractivity contribution in [3.63, 3.8) is 0 Å². The minimum atomic E-state index is -0.147. The van der Waals surface area contributed by atoms with E-state index in [1.54, 1.807) is 0 Å². The first-order chi connectivity index (χ1) is 9.58. The Kier molecular flexibility index (Phi) is 3.44. The lowest BCUT2D eigenvalue weighted by Gasteiger charge is -2.35. The Labute approximate surface area is 123 Å². The van der Waals surface area contributed by atoms with Crippen molar-refractivity contribution in [1.29, 1.82) is 0 Å². The van der Waals surface area contributed by atoms with Crippen LogP contribution in [-0.4, -0.2) is 11.7 Å². The predicted molar refractivity (Wildman–Crippen MR) is 84.5 cm³/mol. The van der Waals surface area contributed by atoms with E-state index in [0.717, 1.165) is 24.2 Å². The van der Waals surface area contributed by atoms with Crippen LogP contribution in [0.5, 0.6) is 5.75 Å². The first-order valence-corrected chi connectivity index (χ1v) is 7.87. The van der Waals surface area contributed by atoms with Crippen molar-refractivity contribution in [3.05, 3.63) is 45.6 Å². The Bertz CT molecular complexity index is 621. The minimum absolute atomic E-state index is 0.147. The third-order valence-corrected chi connectivity index (χ3v) is 5.11. The Morgan fingerprint density at radius 3 is 2.90 bits per heavy atom. The lowest BCUT2D eigenvalue weighted by atomic mass is 9.99. The molecule has 0 spiro atoms. The van der Waals surface area contributed by atoms with Gasteiger partial charge in [-0.15, -0.1) is 11.3 Å². The molecule has 3 nitrogen and oxygen atoms in total. The predicted octanol–water partition coefficient (Wildman–Crippen LogP) is 3.60. The van der Waals surface area contributed by atoms with Gasteiger partial charge in [-0.05, 0) is 43.3 Å². The summed E-state index contributed by atoms with van der Waals surface area (Å²) >= 11 is 1.84. The number of nitrogens with two attached hydrogens (primary N) is 1. The highest BCUT2D eigenvalue weighted by Crippen LogP contribution is 2.37. The summed E-state index contributed by atoms with van der Waals surface area (Å²) in [6, 6.07) is 8.26. The van der Waals surface area contributed by atoms with Crippen molar-refractivity contribution in [3.8, 4) is 5.75 Å². The SMILES string of the molecule is CC(N)c1ccc(N2CCc3sccc3C2C)cc1O. The average Bonchev–Trinajstić information content (AvgIpc) is 2.87. The molecule has 2 aromatic rings. The largest absolute Gasteiger partial charge is 0.508 e. The number of benzene rings is 1. The maximum atomic E-state index is 10.1. The zero-order chi connectivity index (χ0) is 14.3. The van der Waals surface area contributed by atoms with Gasteiger partial charge in [0.05, 0.1) is 6.04 Å². The fourth-order valence-corrected chi connectivity index (χ4v) is 3.92. The number of hydrogen-bond donors (Lipinski definition) is 2. The van der Waals surface area contributed by atoms with Crippen molar-refractivity contribution >= 4 is 17.0 Å². The van der Waals surface area contributed by atoms with E-state index in [2.05, 4.69) is 29.3 Å². The summed E-state index contributed by atoms with van der Waals surface area (Å²) in [6.07, 6.45) is 1.08. The number of aromatic hydroxyl groups is 1. The van der Waals surface area contributed by atoms with Crippen molar-refractivity contribution < 1.29 is 5.11 Å². The molecule has 3 rings (SSSR count).